The Labute approximate surface area is 179 Å². The number of para-hydroxylation sites is 1. The van der Waals surface area contributed by atoms with Gasteiger partial charge in [-0.3, -0.25) is 9.59 Å². The lowest BCUT2D eigenvalue weighted by Gasteiger charge is -2.35. The van der Waals surface area contributed by atoms with E-state index in [0.717, 1.165) is 0 Å². The number of anilines is 1. The Hall–Kier alpha value is -3.33. The number of nitrogens with one attached hydrogen (secondary N) is 3. The number of carbonyl (C=O) groups excluding carboxylic acids is 2. The van der Waals surface area contributed by atoms with E-state index < -0.39 is 16.6 Å². The second kappa shape index (κ2) is 10.1. The van der Waals surface area contributed by atoms with E-state index in [1.54, 1.807) is 19.1 Å². The van der Waals surface area contributed by atoms with Crippen LogP contribution in [0.2, 0.25) is 0 Å². The van der Waals surface area contributed by atoms with Crippen LogP contribution in [0.1, 0.15) is 30.8 Å². The van der Waals surface area contributed by atoms with Crippen molar-refractivity contribution in [3.05, 3.63) is 58.1 Å². The smallest absolute Gasteiger partial charge is 0.319 e. The molecule has 0 radical (unpaired) electrons. The van der Waals surface area contributed by atoms with Gasteiger partial charge in [0.1, 0.15) is 5.76 Å². The maximum Gasteiger partial charge on any atom is 0.319 e. The number of carbonyl (C=O) groups is 2. The monoisotopic (exact) mass is 429 g/mol. The van der Waals surface area contributed by atoms with Crippen molar-refractivity contribution in [3.63, 3.8) is 0 Å². The number of benzene rings is 1. The third-order valence-electron chi connectivity index (χ3n) is 5.24. The Kier molecular flexibility index (Phi) is 7.30. The van der Waals surface area contributed by atoms with Crippen LogP contribution in [0.15, 0.2) is 45.6 Å². The molecular weight excluding hydrogens is 402 g/mol. The lowest BCUT2D eigenvalue weighted by molar-refractivity contribution is -0.123. The number of urea groups is 1. The minimum atomic E-state index is -0.824. The van der Waals surface area contributed by atoms with Crippen LogP contribution in [0.4, 0.5) is 10.5 Å². The van der Waals surface area contributed by atoms with Gasteiger partial charge in [0, 0.05) is 49.9 Å². The summed E-state index contributed by atoms with van der Waals surface area (Å²) in [5, 5.41) is 18.4. The molecule has 0 unspecified atom stereocenters. The predicted octanol–water partition coefficient (Wildman–Crippen LogP) is 2.03. The van der Waals surface area contributed by atoms with Gasteiger partial charge < -0.3 is 30.2 Å². The molecule has 3 rings (SSSR count). The van der Waals surface area contributed by atoms with Gasteiger partial charge in [0.15, 0.2) is 5.76 Å². The second-order valence-electron chi connectivity index (χ2n) is 7.57. The summed E-state index contributed by atoms with van der Waals surface area (Å²) in [5.41, 5.74) is -0.681. The first-order chi connectivity index (χ1) is 14.9. The molecule has 1 saturated heterocycles. The fraction of sp³-hybridized carbons (Fsp3) is 0.409. The van der Waals surface area contributed by atoms with Crippen molar-refractivity contribution >= 4 is 17.6 Å². The number of hydrogen-bond donors (Lipinski definition) is 4. The average molecular weight is 429 g/mol. The molecule has 9 heteroatoms. The average Bonchev–Trinajstić information content (AvgIpc) is 2.75. The number of rotatable bonds is 7. The summed E-state index contributed by atoms with van der Waals surface area (Å²) in [5.74, 6) is -0.218. The molecule has 0 atom stereocenters. The Morgan fingerprint density at radius 1 is 1.10 bits per heavy atom. The van der Waals surface area contributed by atoms with E-state index in [4.69, 9.17) is 9.15 Å². The Morgan fingerprint density at radius 3 is 2.48 bits per heavy atom. The first-order valence-electron chi connectivity index (χ1n) is 10.2. The molecule has 0 aliphatic carbocycles. The van der Waals surface area contributed by atoms with Crippen molar-refractivity contribution in [1.29, 1.82) is 0 Å². The number of aryl methyl sites for hydroxylation is 1. The summed E-state index contributed by atoms with van der Waals surface area (Å²) in [6.07, 6.45) is 0.919. The Balaban J connectivity index is 1.56. The molecule has 1 aliphatic heterocycles. The topological polar surface area (TPSA) is 130 Å². The van der Waals surface area contributed by atoms with E-state index in [-0.39, 0.29) is 37.2 Å². The SMILES string of the molecule is Cc1cc(=O)c(O)c(C2(CC(=O)NCCNC(=O)Nc3ccccc3)CCOCC2)o1. The van der Waals surface area contributed by atoms with Crippen LogP contribution < -0.4 is 21.4 Å². The second-order valence-corrected chi connectivity index (χ2v) is 7.57. The van der Waals surface area contributed by atoms with Crippen molar-refractivity contribution in [1.82, 2.24) is 10.6 Å². The molecule has 0 saturated carbocycles. The summed E-state index contributed by atoms with van der Waals surface area (Å²) in [6.45, 7) is 2.89. The fourth-order valence-electron chi connectivity index (χ4n) is 3.65. The van der Waals surface area contributed by atoms with E-state index in [9.17, 15) is 19.5 Å². The normalized spacial score (nSPS) is 15.1. The molecule has 4 N–H and O–H groups in total. The van der Waals surface area contributed by atoms with Crippen LogP contribution in [0.25, 0.3) is 0 Å². The van der Waals surface area contributed by atoms with Crippen molar-refractivity contribution in [2.75, 3.05) is 31.6 Å². The molecule has 3 amide bonds. The summed E-state index contributed by atoms with van der Waals surface area (Å²) >= 11 is 0. The molecule has 9 nitrogen and oxygen atoms in total. The molecule has 166 valence electrons. The largest absolute Gasteiger partial charge is 0.502 e. The zero-order valence-electron chi connectivity index (χ0n) is 17.4. The molecule has 1 aromatic heterocycles. The number of ether oxygens (including phenoxy) is 1. The number of hydrogen-bond acceptors (Lipinski definition) is 6. The van der Waals surface area contributed by atoms with Crippen LogP contribution in [0.5, 0.6) is 5.75 Å². The highest BCUT2D eigenvalue weighted by Crippen LogP contribution is 2.41. The highest BCUT2D eigenvalue weighted by Gasteiger charge is 2.41. The van der Waals surface area contributed by atoms with E-state index in [1.165, 1.54) is 6.07 Å². The lowest BCUT2D eigenvalue weighted by Crippen LogP contribution is -2.42. The van der Waals surface area contributed by atoms with Crippen molar-refractivity contribution in [3.8, 4) is 5.75 Å². The van der Waals surface area contributed by atoms with Crippen LogP contribution >= 0.6 is 0 Å². The minimum absolute atomic E-state index is 0.0343. The van der Waals surface area contributed by atoms with Gasteiger partial charge >= 0.3 is 6.03 Å². The predicted molar refractivity (Wildman–Crippen MR) is 114 cm³/mol. The molecule has 1 aromatic carbocycles. The third-order valence-corrected chi connectivity index (χ3v) is 5.24. The van der Waals surface area contributed by atoms with Gasteiger partial charge in [0.05, 0.1) is 0 Å². The van der Waals surface area contributed by atoms with E-state index >= 15 is 0 Å². The number of amides is 3. The van der Waals surface area contributed by atoms with E-state index in [0.29, 0.717) is 37.5 Å². The first kappa shape index (κ1) is 22.4. The van der Waals surface area contributed by atoms with Gasteiger partial charge in [0.2, 0.25) is 17.1 Å². The minimum Gasteiger partial charge on any atom is -0.502 e. The molecule has 0 spiro atoms. The van der Waals surface area contributed by atoms with Crippen molar-refractivity contribution in [2.45, 2.75) is 31.6 Å². The maximum atomic E-state index is 12.6. The molecule has 31 heavy (non-hydrogen) atoms. The van der Waals surface area contributed by atoms with Crippen LogP contribution in [0, 0.1) is 6.92 Å². The maximum absolute atomic E-state index is 12.6. The van der Waals surface area contributed by atoms with Gasteiger partial charge in [-0.05, 0) is 31.9 Å². The van der Waals surface area contributed by atoms with E-state index in [1.807, 2.05) is 18.2 Å². The van der Waals surface area contributed by atoms with Crippen LogP contribution in [0.3, 0.4) is 0 Å². The summed E-state index contributed by atoms with van der Waals surface area (Å²) in [7, 11) is 0. The number of aromatic hydroxyl groups is 1. The van der Waals surface area contributed by atoms with Gasteiger partial charge in [-0.25, -0.2) is 4.79 Å². The molecule has 1 aliphatic rings. The van der Waals surface area contributed by atoms with Crippen LogP contribution in [-0.4, -0.2) is 43.3 Å². The van der Waals surface area contributed by atoms with Crippen LogP contribution in [-0.2, 0) is 14.9 Å². The Bertz CT molecular complexity index is 967. The molecule has 1 fully saturated rings. The highest BCUT2D eigenvalue weighted by molar-refractivity contribution is 5.89. The summed E-state index contributed by atoms with van der Waals surface area (Å²) in [6, 6.07) is 9.88. The zero-order chi connectivity index (χ0) is 22.3. The van der Waals surface area contributed by atoms with Crippen molar-refractivity contribution in [2.24, 2.45) is 0 Å². The Morgan fingerprint density at radius 2 is 1.77 bits per heavy atom. The van der Waals surface area contributed by atoms with Gasteiger partial charge in [0.25, 0.3) is 0 Å². The fourth-order valence-corrected chi connectivity index (χ4v) is 3.65. The molecule has 0 bridgehead atoms. The van der Waals surface area contributed by atoms with E-state index in [2.05, 4.69) is 16.0 Å². The summed E-state index contributed by atoms with van der Waals surface area (Å²) < 4.78 is 11.1. The molecule has 2 heterocycles. The standard InChI is InChI=1S/C22H27N3O6/c1-15-13-17(26)19(28)20(31-15)22(7-11-30-12-8-22)14-18(27)23-9-10-24-21(29)25-16-5-3-2-4-6-16/h2-6,13,28H,7-12,14H2,1H3,(H,23,27)(H2,24,25,29). The first-order valence-corrected chi connectivity index (χ1v) is 10.2. The molecule has 2 aromatic rings. The lowest BCUT2D eigenvalue weighted by atomic mass is 9.74. The van der Waals surface area contributed by atoms with Gasteiger partial charge in [-0.1, -0.05) is 18.2 Å². The van der Waals surface area contributed by atoms with Gasteiger partial charge in [-0.15, -0.1) is 0 Å². The van der Waals surface area contributed by atoms with Crippen molar-refractivity contribution < 1.29 is 23.8 Å². The zero-order valence-corrected chi connectivity index (χ0v) is 17.4. The molecular formula is C22H27N3O6. The highest BCUT2D eigenvalue weighted by atomic mass is 16.5. The summed E-state index contributed by atoms with van der Waals surface area (Å²) in [4.78, 5) is 36.6. The third kappa shape index (κ3) is 5.85. The van der Waals surface area contributed by atoms with Gasteiger partial charge in [-0.2, -0.15) is 0 Å². The quantitative estimate of drug-likeness (QED) is 0.498.